The van der Waals surface area contributed by atoms with Gasteiger partial charge in [0.15, 0.2) is 8.32 Å². The lowest BCUT2D eigenvalue weighted by Gasteiger charge is -2.37. The molecule has 0 aliphatic heterocycles. The van der Waals surface area contributed by atoms with E-state index < -0.39 is 8.32 Å². The van der Waals surface area contributed by atoms with E-state index in [1.807, 2.05) is 6.92 Å². The Labute approximate surface area is 102 Å². The molecular formula is C13H28O2Si. The van der Waals surface area contributed by atoms with Crippen LogP contribution < -0.4 is 0 Å². The minimum Gasteiger partial charge on any atom is -0.417 e. The first-order chi connectivity index (χ1) is 7.10. The molecule has 0 aromatic carbocycles. The third kappa shape index (κ3) is 5.26. The van der Waals surface area contributed by atoms with Crippen LogP contribution in [0.1, 0.15) is 41.0 Å². The molecule has 2 atom stereocenters. The molecule has 0 heterocycles. The summed E-state index contributed by atoms with van der Waals surface area (Å²) in [5.41, 5.74) is 0. The molecule has 16 heavy (non-hydrogen) atoms. The fourth-order valence-electron chi connectivity index (χ4n) is 1.33. The van der Waals surface area contributed by atoms with Crippen LogP contribution >= 0.6 is 0 Å². The van der Waals surface area contributed by atoms with Crippen molar-refractivity contribution in [2.45, 2.75) is 59.2 Å². The molecule has 96 valence electrons. The Morgan fingerprint density at radius 2 is 1.75 bits per heavy atom. The number of rotatable bonds is 6. The molecule has 0 bridgehead atoms. The fourth-order valence-corrected chi connectivity index (χ4v) is 2.46. The first-order valence-electron chi connectivity index (χ1n) is 6.19. The number of aldehydes is 1. The second-order valence-corrected chi connectivity index (χ2v) is 11.3. The Balaban J connectivity index is 4.10. The van der Waals surface area contributed by atoms with Gasteiger partial charge in [0, 0.05) is 12.5 Å². The summed E-state index contributed by atoms with van der Waals surface area (Å²) in [5, 5.41) is 0.267. The molecular weight excluding hydrogens is 216 g/mol. The highest BCUT2D eigenvalue weighted by Gasteiger charge is 2.37. The lowest BCUT2D eigenvalue weighted by molar-refractivity contribution is -0.111. The Kier molecular flexibility index (Phi) is 5.91. The van der Waals surface area contributed by atoms with Crippen LogP contribution in [0.4, 0.5) is 0 Å². The van der Waals surface area contributed by atoms with E-state index in [1.54, 1.807) is 0 Å². The molecule has 0 aliphatic carbocycles. The molecule has 2 nitrogen and oxygen atoms in total. The van der Waals surface area contributed by atoms with Crippen LogP contribution in [0.5, 0.6) is 0 Å². The predicted octanol–water partition coefficient (Wildman–Crippen LogP) is 3.87. The van der Waals surface area contributed by atoms with Crippen LogP contribution in [-0.4, -0.2) is 21.2 Å². The Hall–Kier alpha value is -0.153. The maximum absolute atomic E-state index is 10.6. The summed E-state index contributed by atoms with van der Waals surface area (Å²) < 4.78 is 6.12. The number of carbonyl (C=O) groups is 1. The second-order valence-electron chi connectivity index (χ2n) is 6.53. The number of hydrogen-bond acceptors (Lipinski definition) is 2. The molecule has 0 amide bonds. The van der Waals surface area contributed by atoms with Gasteiger partial charge in [-0.25, -0.2) is 0 Å². The van der Waals surface area contributed by atoms with Crippen molar-refractivity contribution in [2.24, 2.45) is 11.8 Å². The maximum Gasteiger partial charge on any atom is 0.191 e. The van der Waals surface area contributed by atoms with E-state index in [-0.39, 0.29) is 11.0 Å². The topological polar surface area (TPSA) is 26.3 Å². The zero-order valence-corrected chi connectivity index (χ0v) is 13.0. The van der Waals surface area contributed by atoms with Gasteiger partial charge in [-0.05, 0) is 30.5 Å². The normalized spacial score (nSPS) is 16.9. The highest BCUT2D eigenvalue weighted by molar-refractivity contribution is 6.74. The van der Waals surface area contributed by atoms with Gasteiger partial charge in [-0.1, -0.05) is 34.6 Å². The van der Waals surface area contributed by atoms with E-state index >= 15 is 0 Å². The number of carbonyl (C=O) groups excluding carboxylic acids is 1. The third-order valence-electron chi connectivity index (χ3n) is 3.54. The second kappa shape index (κ2) is 5.96. The maximum atomic E-state index is 10.6. The van der Waals surface area contributed by atoms with Gasteiger partial charge in [0.05, 0.1) is 0 Å². The summed E-state index contributed by atoms with van der Waals surface area (Å²) in [6, 6.07) is 0. The van der Waals surface area contributed by atoms with Gasteiger partial charge in [0.1, 0.15) is 6.29 Å². The van der Waals surface area contributed by atoms with Gasteiger partial charge in [0.25, 0.3) is 0 Å². The first kappa shape index (κ1) is 15.8. The van der Waals surface area contributed by atoms with Gasteiger partial charge < -0.3 is 9.22 Å². The minimum atomic E-state index is -1.62. The van der Waals surface area contributed by atoms with E-state index in [9.17, 15) is 4.79 Å². The lowest BCUT2D eigenvalue weighted by Crippen LogP contribution is -2.41. The lowest BCUT2D eigenvalue weighted by atomic mass is 10.00. The molecule has 0 fully saturated rings. The first-order valence-corrected chi connectivity index (χ1v) is 9.10. The van der Waals surface area contributed by atoms with E-state index in [0.717, 1.165) is 19.3 Å². The Morgan fingerprint density at radius 3 is 2.12 bits per heavy atom. The monoisotopic (exact) mass is 244 g/mol. The average Bonchev–Trinajstić information content (AvgIpc) is 2.13. The van der Waals surface area contributed by atoms with Crippen LogP contribution in [0, 0.1) is 11.8 Å². The summed E-state index contributed by atoms with van der Waals surface area (Å²) in [5.74, 6) is 0.618. The van der Waals surface area contributed by atoms with Crippen LogP contribution in [-0.2, 0) is 9.22 Å². The molecule has 0 saturated carbocycles. The summed E-state index contributed by atoms with van der Waals surface area (Å²) in [6.45, 7) is 16.2. The van der Waals surface area contributed by atoms with Crippen molar-refractivity contribution in [3.05, 3.63) is 0 Å². The van der Waals surface area contributed by atoms with Crippen molar-refractivity contribution < 1.29 is 9.22 Å². The van der Waals surface area contributed by atoms with E-state index in [1.165, 1.54) is 0 Å². The molecule has 0 radical (unpaired) electrons. The Bertz CT molecular complexity index is 218. The molecule has 2 unspecified atom stereocenters. The molecule has 0 N–H and O–H groups in total. The molecule has 0 aromatic rings. The van der Waals surface area contributed by atoms with E-state index in [4.69, 9.17) is 4.43 Å². The molecule has 0 aromatic heterocycles. The van der Waals surface area contributed by atoms with Crippen LogP contribution in [0.15, 0.2) is 0 Å². The highest BCUT2D eigenvalue weighted by atomic mass is 28.4. The van der Waals surface area contributed by atoms with Crippen molar-refractivity contribution in [1.82, 2.24) is 0 Å². The van der Waals surface area contributed by atoms with Gasteiger partial charge >= 0.3 is 0 Å². The van der Waals surface area contributed by atoms with Crippen LogP contribution in [0.2, 0.25) is 18.1 Å². The average molecular weight is 244 g/mol. The molecule has 0 aliphatic rings. The minimum absolute atomic E-state index is 0.151. The zero-order valence-electron chi connectivity index (χ0n) is 12.0. The smallest absolute Gasteiger partial charge is 0.191 e. The van der Waals surface area contributed by atoms with Crippen LogP contribution in [0.3, 0.4) is 0 Å². The van der Waals surface area contributed by atoms with E-state index in [0.29, 0.717) is 5.92 Å². The van der Waals surface area contributed by atoms with E-state index in [2.05, 4.69) is 40.8 Å². The van der Waals surface area contributed by atoms with Gasteiger partial charge in [0.2, 0.25) is 0 Å². The van der Waals surface area contributed by atoms with Crippen molar-refractivity contribution >= 4 is 14.6 Å². The summed E-state index contributed by atoms with van der Waals surface area (Å²) >= 11 is 0. The molecule has 0 rings (SSSR count). The molecule has 0 spiro atoms. The van der Waals surface area contributed by atoms with Gasteiger partial charge in [-0.2, -0.15) is 0 Å². The molecule has 0 saturated heterocycles. The third-order valence-corrected chi connectivity index (χ3v) is 8.04. The van der Waals surface area contributed by atoms with Crippen LogP contribution in [0.25, 0.3) is 0 Å². The van der Waals surface area contributed by atoms with Crippen molar-refractivity contribution in [3.8, 4) is 0 Å². The van der Waals surface area contributed by atoms with Crippen molar-refractivity contribution in [3.63, 3.8) is 0 Å². The summed E-state index contributed by atoms with van der Waals surface area (Å²) in [7, 11) is -1.62. The fraction of sp³-hybridized carbons (Fsp3) is 0.923. The molecule has 3 heteroatoms. The quantitative estimate of drug-likeness (QED) is 0.524. The largest absolute Gasteiger partial charge is 0.417 e. The zero-order chi connectivity index (χ0) is 13.0. The summed E-state index contributed by atoms with van der Waals surface area (Å²) in [6.07, 6.45) is 1.96. The van der Waals surface area contributed by atoms with Crippen molar-refractivity contribution in [2.75, 3.05) is 6.61 Å². The predicted molar refractivity (Wildman–Crippen MR) is 72.2 cm³/mol. The summed E-state index contributed by atoms with van der Waals surface area (Å²) in [4.78, 5) is 10.6. The van der Waals surface area contributed by atoms with Gasteiger partial charge in [-0.3, -0.25) is 0 Å². The number of hydrogen-bond donors (Lipinski definition) is 0. The van der Waals surface area contributed by atoms with Crippen molar-refractivity contribution in [1.29, 1.82) is 0 Å². The highest BCUT2D eigenvalue weighted by Crippen LogP contribution is 2.36. The van der Waals surface area contributed by atoms with Gasteiger partial charge in [-0.15, -0.1) is 0 Å². The Morgan fingerprint density at radius 1 is 1.25 bits per heavy atom. The standard InChI is InChI=1S/C13H28O2Si/c1-11(9-14)8-12(2)10-15-16(6,7)13(3,4)5/h9,11-12H,8,10H2,1-7H3. The SMILES string of the molecule is CC(C=O)CC(C)CO[Si](C)(C)C(C)(C)C.